The summed E-state index contributed by atoms with van der Waals surface area (Å²) in [6.07, 6.45) is 0.876. The SMILES string of the molecule is COCCn1c(C)cc(-c2csc(NCCc3ccc(OC)c(OC)c3)n2)c1C. The van der Waals surface area contributed by atoms with Crippen LogP contribution in [0.2, 0.25) is 0 Å². The molecule has 0 aliphatic carbocycles. The van der Waals surface area contributed by atoms with Gasteiger partial charge in [0.2, 0.25) is 0 Å². The Bertz CT molecular complexity index is 949. The molecule has 156 valence electrons. The van der Waals surface area contributed by atoms with E-state index in [1.54, 1.807) is 32.7 Å². The van der Waals surface area contributed by atoms with E-state index in [1.165, 1.54) is 22.5 Å². The highest BCUT2D eigenvalue weighted by Gasteiger charge is 2.13. The number of hydrogen-bond acceptors (Lipinski definition) is 6. The average Bonchev–Trinajstić information content (AvgIpc) is 3.30. The molecule has 0 bridgehead atoms. The maximum Gasteiger partial charge on any atom is 0.183 e. The summed E-state index contributed by atoms with van der Waals surface area (Å²) in [5.74, 6) is 1.50. The monoisotopic (exact) mass is 415 g/mol. The summed E-state index contributed by atoms with van der Waals surface area (Å²) >= 11 is 1.63. The first-order valence-electron chi connectivity index (χ1n) is 9.63. The van der Waals surface area contributed by atoms with Crippen LogP contribution >= 0.6 is 11.3 Å². The predicted molar refractivity (Wildman–Crippen MR) is 119 cm³/mol. The van der Waals surface area contributed by atoms with Crippen molar-refractivity contribution in [2.75, 3.05) is 39.8 Å². The van der Waals surface area contributed by atoms with E-state index in [1.807, 2.05) is 12.1 Å². The molecule has 0 saturated carbocycles. The Hall–Kier alpha value is -2.51. The third-order valence-corrected chi connectivity index (χ3v) is 5.81. The van der Waals surface area contributed by atoms with Gasteiger partial charge in [0.1, 0.15) is 0 Å². The van der Waals surface area contributed by atoms with Gasteiger partial charge in [-0.15, -0.1) is 11.3 Å². The van der Waals surface area contributed by atoms with Gasteiger partial charge in [0, 0.05) is 42.5 Å². The molecule has 3 aromatic rings. The number of nitrogens with zero attached hydrogens (tertiary/aromatic N) is 2. The van der Waals surface area contributed by atoms with Crippen molar-refractivity contribution in [1.29, 1.82) is 0 Å². The highest BCUT2D eigenvalue weighted by atomic mass is 32.1. The van der Waals surface area contributed by atoms with Crippen molar-refractivity contribution in [1.82, 2.24) is 9.55 Å². The zero-order chi connectivity index (χ0) is 20.8. The molecule has 0 aliphatic heterocycles. The fourth-order valence-electron chi connectivity index (χ4n) is 3.42. The lowest BCUT2D eigenvalue weighted by atomic mass is 10.1. The van der Waals surface area contributed by atoms with Crippen molar-refractivity contribution >= 4 is 16.5 Å². The highest BCUT2D eigenvalue weighted by molar-refractivity contribution is 7.14. The summed E-state index contributed by atoms with van der Waals surface area (Å²) in [5.41, 5.74) is 5.84. The van der Waals surface area contributed by atoms with Gasteiger partial charge in [-0.2, -0.15) is 0 Å². The first-order chi connectivity index (χ1) is 14.1. The van der Waals surface area contributed by atoms with Crippen molar-refractivity contribution in [3.05, 3.63) is 46.6 Å². The van der Waals surface area contributed by atoms with Gasteiger partial charge in [-0.05, 0) is 44.0 Å². The molecule has 7 heteroatoms. The standard InChI is InChI=1S/C22H29N3O3S/c1-15-12-18(16(2)25(15)10-11-26-3)19-14-29-22(24-19)23-9-8-17-6-7-20(27-4)21(13-17)28-5/h6-7,12-14H,8-11H2,1-5H3,(H,23,24). The van der Waals surface area contributed by atoms with Gasteiger partial charge >= 0.3 is 0 Å². The van der Waals surface area contributed by atoms with Gasteiger partial charge in [0.25, 0.3) is 0 Å². The molecular formula is C22H29N3O3S. The van der Waals surface area contributed by atoms with E-state index in [9.17, 15) is 0 Å². The number of thiazole rings is 1. The molecular weight excluding hydrogens is 386 g/mol. The van der Waals surface area contributed by atoms with Gasteiger partial charge in [-0.1, -0.05) is 6.07 Å². The number of aromatic nitrogens is 2. The van der Waals surface area contributed by atoms with Crippen molar-refractivity contribution in [3.8, 4) is 22.8 Å². The Labute approximate surface area is 176 Å². The van der Waals surface area contributed by atoms with E-state index >= 15 is 0 Å². The lowest BCUT2D eigenvalue weighted by molar-refractivity contribution is 0.186. The van der Waals surface area contributed by atoms with Crippen LogP contribution in [0.5, 0.6) is 11.5 Å². The Morgan fingerprint density at radius 2 is 1.86 bits per heavy atom. The van der Waals surface area contributed by atoms with E-state index in [2.05, 4.69) is 41.2 Å². The van der Waals surface area contributed by atoms with Crippen LogP contribution in [-0.2, 0) is 17.7 Å². The minimum Gasteiger partial charge on any atom is -0.493 e. The lowest BCUT2D eigenvalue weighted by Crippen LogP contribution is -2.07. The van der Waals surface area contributed by atoms with Crippen LogP contribution in [0.15, 0.2) is 29.6 Å². The van der Waals surface area contributed by atoms with Crippen LogP contribution in [0.25, 0.3) is 11.3 Å². The topological polar surface area (TPSA) is 57.5 Å². The molecule has 0 unspecified atom stereocenters. The maximum atomic E-state index is 5.38. The largest absolute Gasteiger partial charge is 0.493 e. The van der Waals surface area contributed by atoms with E-state index in [-0.39, 0.29) is 0 Å². The zero-order valence-electron chi connectivity index (χ0n) is 17.7. The Morgan fingerprint density at radius 3 is 2.59 bits per heavy atom. The molecule has 2 aromatic heterocycles. The number of benzene rings is 1. The quantitative estimate of drug-likeness (QED) is 0.527. The first kappa shape index (κ1) is 21.2. The molecule has 0 amide bonds. The molecule has 2 heterocycles. The number of hydrogen-bond donors (Lipinski definition) is 1. The number of methoxy groups -OCH3 is 3. The third-order valence-electron chi connectivity index (χ3n) is 5.01. The Kier molecular flexibility index (Phi) is 7.17. The molecule has 6 nitrogen and oxygen atoms in total. The number of aryl methyl sites for hydroxylation is 1. The molecule has 0 spiro atoms. The van der Waals surface area contributed by atoms with Gasteiger partial charge in [-0.3, -0.25) is 0 Å². The smallest absolute Gasteiger partial charge is 0.183 e. The van der Waals surface area contributed by atoms with Gasteiger partial charge in [-0.25, -0.2) is 4.98 Å². The lowest BCUT2D eigenvalue weighted by Gasteiger charge is -2.09. The van der Waals surface area contributed by atoms with Crippen LogP contribution in [0.3, 0.4) is 0 Å². The molecule has 3 rings (SSSR count). The molecule has 29 heavy (non-hydrogen) atoms. The second-order valence-corrected chi connectivity index (χ2v) is 7.69. The summed E-state index contributed by atoms with van der Waals surface area (Å²) in [6, 6.07) is 8.22. The van der Waals surface area contributed by atoms with Crippen molar-refractivity contribution in [2.45, 2.75) is 26.8 Å². The average molecular weight is 416 g/mol. The van der Waals surface area contributed by atoms with Gasteiger partial charge in [0.05, 0.1) is 26.5 Å². The predicted octanol–water partition coefficient (Wildman–Crippen LogP) is 4.55. The maximum absolute atomic E-state index is 5.38. The number of ether oxygens (including phenoxy) is 3. The third kappa shape index (κ3) is 4.92. The minimum atomic E-state index is 0.704. The molecule has 1 N–H and O–H groups in total. The van der Waals surface area contributed by atoms with Gasteiger partial charge in [0.15, 0.2) is 16.6 Å². The number of anilines is 1. The molecule has 1 aromatic carbocycles. The normalized spacial score (nSPS) is 10.9. The number of nitrogens with one attached hydrogen (secondary N) is 1. The van der Waals surface area contributed by atoms with Crippen LogP contribution in [0.1, 0.15) is 17.0 Å². The summed E-state index contributed by atoms with van der Waals surface area (Å²) in [4.78, 5) is 4.79. The molecule has 0 atom stereocenters. The fourth-order valence-corrected chi connectivity index (χ4v) is 4.16. The van der Waals surface area contributed by atoms with Crippen molar-refractivity contribution < 1.29 is 14.2 Å². The summed E-state index contributed by atoms with van der Waals surface area (Å²) < 4.78 is 18.2. The Balaban J connectivity index is 1.63. The molecule has 0 aliphatic rings. The van der Waals surface area contributed by atoms with Crippen LogP contribution in [0, 0.1) is 13.8 Å². The summed E-state index contributed by atoms with van der Waals surface area (Å²) in [7, 11) is 5.03. The van der Waals surface area contributed by atoms with E-state index < -0.39 is 0 Å². The minimum absolute atomic E-state index is 0.704. The van der Waals surface area contributed by atoms with Crippen LogP contribution in [0.4, 0.5) is 5.13 Å². The molecule has 0 radical (unpaired) electrons. The molecule has 0 fully saturated rings. The fraction of sp³-hybridized carbons (Fsp3) is 0.409. The van der Waals surface area contributed by atoms with E-state index in [0.717, 1.165) is 41.8 Å². The second kappa shape index (κ2) is 9.80. The van der Waals surface area contributed by atoms with Crippen molar-refractivity contribution in [3.63, 3.8) is 0 Å². The van der Waals surface area contributed by atoms with E-state index in [4.69, 9.17) is 19.2 Å². The number of rotatable bonds is 10. The second-order valence-electron chi connectivity index (χ2n) is 6.83. The van der Waals surface area contributed by atoms with E-state index in [0.29, 0.717) is 6.61 Å². The molecule has 0 saturated heterocycles. The van der Waals surface area contributed by atoms with Crippen LogP contribution in [-0.4, -0.2) is 44.0 Å². The van der Waals surface area contributed by atoms with Gasteiger partial charge < -0.3 is 24.1 Å². The van der Waals surface area contributed by atoms with Crippen LogP contribution < -0.4 is 14.8 Å². The highest BCUT2D eigenvalue weighted by Crippen LogP contribution is 2.30. The Morgan fingerprint density at radius 1 is 1.07 bits per heavy atom. The summed E-state index contributed by atoms with van der Waals surface area (Å²) in [6.45, 7) is 6.63. The first-order valence-corrected chi connectivity index (χ1v) is 10.5. The zero-order valence-corrected chi connectivity index (χ0v) is 18.6. The summed E-state index contributed by atoms with van der Waals surface area (Å²) in [5, 5.41) is 6.48. The van der Waals surface area contributed by atoms with Crippen molar-refractivity contribution in [2.24, 2.45) is 0 Å².